The number of hydrogen-bond acceptors (Lipinski definition) is 4. The molecule has 0 saturated carbocycles. The molecule has 1 aromatic carbocycles. The van der Waals surface area contributed by atoms with Crippen molar-refractivity contribution in [1.29, 1.82) is 0 Å². The van der Waals surface area contributed by atoms with Crippen molar-refractivity contribution in [1.82, 2.24) is 15.5 Å². The number of nitrogens with one attached hydrogen (secondary N) is 2. The van der Waals surface area contributed by atoms with Crippen LogP contribution in [0, 0.1) is 6.92 Å². The van der Waals surface area contributed by atoms with Crippen LogP contribution in [0.1, 0.15) is 39.6 Å². The Labute approximate surface area is 129 Å². The monoisotopic (exact) mass is 303 g/mol. The van der Waals surface area contributed by atoms with Gasteiger partial charge in [-0.25, -0.2) is 0 Å². The largest absolute Gasteiger partial charge is 0.353 e. The molecule has 2 rings (SSSR count). The number of fused-ring (bicyclic) bond motifs is 1. The lowest BCUT2D eigenvalue weighted by Crippen LogP contribution is -2.42. The van der Waals surface area contributed by atoms with Crippen LogP contribution in [0.25, 0.3) is 0 Å². The quantitative estimate of drug-likeness (QED) is 0.574. The second-order valence-corrected chi connectivity index (χ2v) is 5.35. The van der Waals surface area contributed by atoms with Crippen LogP contribution in [0.5, 0.6) is 0 Å². The summed E-state index contributed by atoms with van der Waals surface area (Å²) < 4.78 is 0. The Morgan fingerprint density at radius 2 is 1.82 bits per heavy atom. The second kappa shape index (κ2) is 7.17. The summed E-state index contributed by atoms with van der Waals surface area (Å²) in [6.45, 7) is 5.72. The summed E-state index contributed by atoms with van der Waals surface area (Å²) in [6, 6.07) is 5.10. The first-order valence-electron chi connectivity index (χ1n) is 7.49. The number of carbonyl (C=O) groups excluding carboxylic acids is 3. The van der Waals surface area contributed by atoms with Crippen LogP contribution >= 0.6 is 0 Å². The Hall–Kier alpha value is -2.21. The van der Waals surface area contributed by atoms with Crippen LogP contribution in [0.2, 0.25) is 0 Å². The van der Waals surface area contributed by atoms with Crippen LogP contribution in [0.15, 0.2) is 18.2 Å². The number of benzene rings is 1. The normalized spacial score (nSPS) is 13.5. The maximum absolute atomic E-state index is 12.2. The lowest BCUT2D eigenvalue weighted by Gasteiger charge is -2.13. The number of nitrogens with zero attached hydrogens (tertiary/aromatic N) is 1. The van der Waals surface area contributed by atoms with E-state index in [0.717, 1.165) is 23.4 Å². The summed E-state index contributed by atoms with van der Waals surface area (Å²) >= 11 is 0. The van der Waals surface area contributed by atoms with Crippen molar-refractivity contribution in [3.63, 3.8) is 0 Å². The van der Waals surface area contributed by atoms with Gasteiger partial charge in [0.25, 0.3) is 11.8 Å². The summed E-state index contributed by atoms with van der Waals surface area (Å²) in [5.41, 5.74) is 1.66. The van der Waals surface area contributed by atoms with E-state index in [1.54, 1.807) is 18.2 Å². The molecule has 0 unspecified atom stereocenters. The lowest BCUT2D eigenvalue weighted by molar-refractivity contribution is -0.121. The molecule has 0 aromatic heterocycles. The molecule has 0 saturated heterocycles. The highest BCUT2D eigenvalue weighted by Gasteiger charge is 2.36. The van der Waals surface area contributed by atoms with Gasteiger partial charge < -0.3 is 10.6 Å². The van der Waals surface area contributed by atoms with Crippen LogP contribution in [0.3, 0.4) is 0 Å². The van der Waals surface area contributed by atoms with Gasteiger partial charge in [-0.2, -0.15) is 0 Å². The van der Waals surface area contributed by atoms with Gasteiger partial charge in [0.2, 0.25) is 5.91 Å². The zero-order valence-electron chi connectivity index (χ0n) is 12.9. The van der Waals surface area contributed by atoms with Gasteiger partial charge in [-0.3, -0.25) is 19.3 Å². The van der Waals surface area contributed by atoms with Crippen molar-refractivity contribution >= 4 is 17.7 Å². The summed E-state index contributed by atoms with van der Waals surface area (Å²) in [4.78, 5) is 37.3. The van der Waals surface area contributed by atoms with Crippen LogP contribution in [-0.4, -0.2) is 48.8 Å². The number of imide groups is 1. The standard InChI is InChI=1S/C16H21N3O3/c1-3-6-17-7-8-18-14(20)10-19-15(21)12-5-4-11(2)9-13(12)16(19)22/h4-5,9,17H,3,6-8,10H2,1-2H3,(H,18,20). The van der Waals surface area contributed by atoms with Crippen LogP contribution in [-0.2, 0) is 4.79 Å². The number of carbonyl (C=O) groups is 3. The van der Waals surface area contributed by atoms with E-state index < -0.39 is 11.8 Å². The fourth-order valence-electron chi connectivity index (χ4n) is 2.34. The molecule has 1 aliphatic rings. The zero-order valence-corrected chi connectivity index (χ0v) is 12.9. The van der Waals surface area contributed by atoms with E-state index in [2.05, 4.69) is 17.6 Å². The van der Waals surface area contributed by atoms with Gasteiger partial charge in [0.05, 0.1) is 11.1 Å². The molecule has 118 valence electrons. The number of aryl methyl sites for hydroxylation is 1. The van der Waals surface area contributed by atoms with E-state index in [-0.39, 0.29) is 12.5 Å². The summed E-state index contributed by atoms with van der Waals surface area (Å²) in [5.74, 6) is -1.13. The highest BCUT2D eigenvalue weighted by molar-refractivity contribution is 6.22. The van der Waals surface area contributed by atoms with Crippen molar-refractivity contribution < 1.29 is 14.4 Å². The summed E-state index contributed by atoms with van der Waals surface area (Å²) in [5, 5.41) is 5.86. The molecule has 1 heterocycles. The number of rotatable bonds is 7. The Balaban J connectivity index is 1.90. The molecule has 0 fully saturated rings. The Bertz CT molecular complexity index is 598. The zero-order chi connectivity index (χ0) is 16.1. The third-order valence-electron chi connectivity index (χ3n) is 3.48. The number of hydrogen-bond donors (Lipinski definition) is 2. The van der Waals surface area contributed by atoms with E-state index in [1.807, 2.05) is 6.92 Å². The molecule has 6 heteroatoms. The maximum atomic E-state index is 12.2. The van der Waals surface area contributed by atoms with Crippen molar-refractivity contribution in [2.75, 3.05) is 26.2 Å². The molecule has 0 spiro atoms. The summed E-state index contributed by atoms with van der Waals surface area (Å²) in [6.07, 6.45) is 1.03. The van der Waals surface area contributed by atoms with Gasteiger partial charge in [0, 0.05) is 13.1 Å². The molecule has 22 heavy (non-hydrogen) atoms. The van der Waals surface area contributed by atoms with Gasteiger partial charge >= 0.3 is 0 Å². The highest BCUT2D eigenvalue weighted by Crippen LogP contribution is 2.23. The first-order chi connectivity index (χ1) is 10.5. The molecule has 0 atom stereocenters. The average molecular weight is 303 g/mol. The minimum Gasteiger partial charge on any atom is -0.353 e. The molecule has 3 amide bonds. The maximum Gasteiger partial charge on any atom is 0.262 e. The predicted octanol–water partition coefficient (Wildman–Crippen LogP) is 0.707. The number of amides is 3. The van der Waals surface area contributed by atoms with Gasteiger partial charge in [-0.15, -0.1) is 0 Å². The lowest BCUT2D eigenvalue weighted by atomic mass is 10.1. The molecule has 1 aliphatic heterocycles. The highest BCUT2D eigenvalue weighted by atomic mass is 16.2. The molecule has 0 bridgehead atoms. The molecule has 6 nitrogen and oxygen atoms in total. The SMILES string of the molecule is CCCNCCNC(=O)CN1C(=O)c2ccc(C)cc2C1=O. The van der Waals surface area contributed by atoms with E-state index >= 15 is 0 Å². The molecule has 1 aromatic rings. The minimum atomic E-state index is -0.403. The molecule has 0 radical (unpaired) electrons. The first-order valence-corrected chi connectivity index (χ1v) is 7.49. The van der Waals surface area contributed by atoms with E-state index in [9.17, 15) is 14.4 Å². The van der Waals surface area contributed by atoms with Crippen molar-refractivity contribution in [2.45, 2.75) is 20.3 Å². The fraction of sp³-hybridized carbons (Fsp3) is 0.438. The van der Waals surface area contributed by atoms with Crippen molar-refractivity contribution in [3.05, 3.63) is 34.9 Å². The molecule has 0 aliphatic carbocycles. The topological polar surface area (TPSA) is 78.5 Å². The van der Waals surface area contributed by atoms with E-state index in [4.69, 9.17) is 0 Å². The Morgan fingerprint density at radius 3 is 2.55 bits per heavy atom. The van der Waals surface area contributed by atoms with Gasteiger partial charge in [0.1, 0.15) is 6.54 Å². The van der Waals surface area contributed by atoms with Gasteiger partial charge in [-0.1, -0.05) is 18.6 Å². The molecular weight excluding hydrogens is 282 g/mol. The third kappa shape index (κ3) is 3.51. The Morgan fingerprint density at radius 1 is 1.09 bits per heavy atom. The first kappa shape index (κ1) is 16.2. The fourth-order valence-corrected chi connectivity index (χ4v) is 2.34. The van der Waals surface area contributed by atoms with E-state index in [1.165, 1.54) is 0 Å². The Kier molecular flexibility index (Phi) is 5.27. The van der Waals surface area contributed by atoms with Crippen molar-refractivity contribution in [2.24, 2.45) is 0 Å². The minimum absolute atomic E-state index is 0.237. The van der Waals surface area contributed by atoms with Crippen LogP contribution < -0.4 is 10.6 Å². The molecule has 2 N–H and O–H groups in total. The average Bonchev–Trinajstić information content (AvgIpc) is 2.72. The van der Waals surface area contributed by atoms with Gasteiger partial charge in [-0.05, 0) is 32.0 Å². The third-order valence-corrected chi connectivity index (χ3v) is 3.48. The predicted molar refractivity (Wildman–Crippen MR) is 82.7 cm³/mol. The van der Waals surface area contributed by atoms with Gasteiger partial charge in [0.15, 0.2) is 0 Å². The second-order valence-electron chi connectivity index (χ2n) is 5.35. The van der Waals surface area contributed by atoms with E-state index in [0.29, 0.717) is 24.2 Å². The summed E-state index contributed by atoms with van der Waals surface area (Å²) in [7, 11) is 0. The van der Waals surface area contributed by atoms with Crippen molar-refractivity contribution in [3.8, 4) is 0 Å². The van der Waals surface area contributed by atoms with Crippen LogP contribution in [0.4, 0.5) is 0 Å². The smallest absolute Gasteiger partial charge is 0.262 e. The molecular formula is C16H21N3O3.